The van der Waals surface area contributed by atoms with Gasteiger partial charge < -0.3 is 10.2 Å². The summed E-state index contributed by atoms with van der Waals surface area (Å²) >= 11 is 1.48. The molecule has 0 radical (unpaired) electrons. The topological polar surface area (TPSA) is 69.6 Å². The van der Waals surface area contributed by atoms with Gasteiger partial charge in [0, 0.05) is 21.7 Å². The lowest BCUT2D eigenvalue weighted by Crippen LogP contribution is -2.36. The Hall–Kier alpha value is -1.43. The summed E-state index contributed by atoms with van der Waals surface area (Å²) in [6, 6.07) is 6.93. The molecule has 2 heterocycles. The minimum absolute atomic E-state index is 0.288. The molecule has 1 aliphatic rings. The van der Waals surface area contributed by atoms with Gasteiger partial charge in [0.25, 0.3) is 0 Å². The van der Waals surface area contributed by atoms with Crippen LogP contribution in [0.25, 0.3) is 10.1 Å². The Bertz CT molecular complexity index is 592. The third-order valence-electron chi connectivity index (χ3n) is 3.02. The number of aliphatic carboxylic acids is 1. The van der Waals surface area contributed by atoms with Gasteiger partial charge in [0.05, 0.1) is 0 Å². The molecule has 1 aromatic heterocycles. The van der Waals surface area contributed by atoms with Crippen LogP contribution in [-0.2, 0) is 4.79 Å². The molecule has 0 aliphatic carbocycles. The standard InChI is InChI=1S/C12H11NO3S/c14-7-5-13-10(12(15)16)9-6-3-1-2-4-8(6)17-11(7)9/h1-4,7,10,13-14H,5H2,(H,15,16). The van der Waals surface area contributed by atoms with Crippen LogP contribution in [0.3, 0.4) is 0 Å². The van der Waals surface area contributed by atoms with Crippen LogP contribution < -0.4 is 5.32 Å². The number of carbonyl (C=O) groups is 1. The maximum atomic E-state index is 11.2. The van der Waals surface area contributed by atoms with E-state index in [1.807, 2.05) is 24.3 Å². The van der Waals surface area contributed by atoms with Crippen molar-refractivity contribution in [2.75, 3.05) is 6.54 Å². The average Bonchev–Trinajstić information content (AvgIpc) is 2.69. The van der Waals surface area contributed by atoms with E-state index >= 15 is 0 Å². The molecular weight excluding hydrogens is 238 g/mol. The van der Waals surface area contributed by atoms with Crippen LogP contribution in [-0.4, -0.2) is 22.7 Å². The third-order valence-corrected chi connectivity index (χ3v) is 4.30. The predicted octanol–water partition coefficient (Wildman–Crippen LogP) is 1.66. The van der Waals surface area contributed by atoms with Crippen LogP contribution >= 0.6 is 11.3 Å². The van der Waals surface area contributed by atoms with Crippen LogP contribution in [0.1, 0.15) is 22.6 Å². The van der Waals surface area contributed by atoms with Gasteiger partial charge in [0.1, 0.15) is 12.1 Å². The fourth-order valence-corrected chi connectivity index (χ4v) is 3.49. The first-order valence-corrected chi connectivity index (χ1v) is 6.15. The highest BCUT2D eigenvalue weighted by Crippen LogP contribution is 2.41. The van der Waals surface area contributed by atoms with Crippen molar-refractivity contribution in [1.82, 2.24) is 5.32 Å². The van der Waals surface area contributed by atoms with Gasteiger partial charge in [-0.3, -0.25) is 10.1 Å². The number of aliphatic hydroxyl groups excluding tert-OH is 1. The summed E-state index contributed by atoms with van der Waals surface area (Å²) in [6.07, 6.45) is -0.613. The Morgan fingerprint density at radius 1 is 1.41 bits per heavy atom. The second-order valence-corrected chi connectivity index (χ2v) is 5.16. The Morgan fingerprint density at radius 2 is 2.18 bits per heavy atom. The molecule has 1 aromatic carbocycles. The lowest BCUT2D eigenvalue weighted by molar-refractivity contribution is -0.140. The second kappa shape index (κ2) is 3.80. The van der Waals surface area contributed by atoms with Crippen molar-refractivity contribution in [2.24, 2.45) is 0 Å². The first-order chi connectivity index (χ1) is 8.18. The number of hydrogen-bond donors (Lipinski definition) is 3. The lowest BCUT2D eigenvalue weighted by atomic mass is 9.97. The molecule has 2 aromatic rings. The van der Waals surface area contributed by atoms with E-state index in [0.717, 1.165) is 20.5 Å². The van der Waals surface area contributed by atoms with Crippen molar-refractivity contribution in [2.45, 2.75) is 12.1 Å². The first kappa shape index (κ1) is 10.7. The Kier molecular flexibility index (Phi) is 2.39. The van der Waals surface area contributed by atoms with Crippen LogP contribution in [0.4, 0.5) is 0 Å². The summed E-state index contributed by atoms with van der Waals surface area (Å²) in [5.74, 6) is -0.901. The molecule has 5 heteroatoms. The maximum Gasteiger partial charge on any atom is 0.325 e. The van der Waals surface area contributed by atoms with E-state index in [9.17, 15) is 15.0 Å². The number of fused-ring (bicyclic) bond motifs is 3. The van der Waals surface area contributed by atoms with Crippen molar-refractivity contribution in [3.05, 3.63) is 34.7 Å². The highest BCUT2D eigenvalue weighted by atomic mass is 32.1. The van der Waals surface area contributed by atoms with Gasteiger partial charge >= 0.3 is 5.97 Å². The molecule has 88 valence electrons. The molecule has 0 fully saturated rings. The van der Waals surface area contributed by atoms with Crippen LogP contribution in [0.5, 0.6) is 0 Å². The number of β-amino-alcohol motifs (C(OH)–C–C–N with tert-alkyl or cyclic N) is 1. The van der Waals surface area contributed by atoms with Gasteiger partial charge in [-0.25, -0.2) is 0 Å². The van der Waals surface area contributed by atoms with Crippen molar-refractivity contribution in [3.63, 3.8) is 0 Å². The predicted molar refractivity (Wildman–Crippen MR) is 65.2 cm³/mol. The molecule has 17 heavy (non-hydrogen) atoms. The van der Waals surface area contributed by atoms with Crippen molar-refractivity contribution in [1.29, 1.82) is 0 Å². The molecule has 2 unspecified atom stereocenters. The van der Waals surface area contributed by atoms with E-state index in [2.05, 4.69) is 5.32 Å². The Morgan fingerprint density at radius 3 is 2.94 bits per heavy atom. The van der Waals surface area contributed by atoms with Gasteiger partial charge in [-0.05, 0) is 11.5 Å². The normalized spacial score (nSPS) is 23.6. The van der Waals surface area contributed by atoms with E-state index in [0.29, 0.717) is 0 Å². The minimum atomic E-state index is -0.901. The molecule has 0 amide bonds. The van der Waals surface area contributed by atoms with Gasteiger partial charge in [-0.15, -0.1) is 11.3 Å². The third kappa shape index (κ3) is 1.55. The second-order valence-electron chi connectivity index (χ2n) is 4.07. The number of carboxylic acid groups (broad SMARTS) is 1. The van der Waals surface area contributed by atoms with Crippen molar-refractivity contribution < 1.29 is 15.0 Å². The monoisotopic (exact) mass is 249 g/mol. The molecule has 0 saturated carbocycles. The van der Waals surface area contributed by atoms with Gasteiger partial charge in [-0.1, -0.05) is 18.2 Å². The zero-order chi connectivity index (χ0) is 12.0. The molecule has 3 N–H and O–H groups in total. The SMILES string of the molecule is O=C(O)C1NCC(O)c2sc3ccccc3c21. The molecule has 0 saturated heterocycles. The minimum Gasteiger partial charge on any atom is -0.480 e. The summed E-state index contributed by atoms with van der Waals surface area (Å²) in [7, 11) is 0. The summed E-state index contributed by atoms with van der Waals surface area (Å²) in [4.78, 5) is 12.0. The van der Waals surface area contributed by atoms with E-state index in [4.69, 9.17) is 0 Å². The van der Waals surface area contributed by atoms with Crippen molar-refractivity contribution in [3.8, 4) is 0 Å². The molecule has 4 nitrogen and oxygen atoms in total. The van der Waals surface area contributed by atoms with E-state index in [-0.39, 0.29) is 6.54 Å². The number of carboxylic acids is 1. The highest BCUT2D eigenvalue weighted by molar-refractivity contribution is 7.19. The quantitative estimate of drug-likeness (QED) is 0.719. The zero-order valence-corrected chi connectivity index (χ0v) is 9.70. The first-order valence-electron chi connectivity index (χ1n) is 5.34. The molecule has 0 spiro atoms. The molecule has 1 aliphatic heterocycles. The molecular formula is C12H11NO3S. The lowest BCUT2D eigenvalue weighted by Gasteiger charge is -2.24. The number of rotatable bonds is 1. The molecule has 0 bridgehead atoms. The molecule has 3 rings (SSSR count). The van der Waals surface area contributed by atoms with Crippen molar-refractivity contribution >= 4 is 27.4 Å². The van der Waals surface area contributed by atoms with Crippen LogP contribution in [0.15, 0.2) is 24.3 Å². The smallest absolute Gasteiger partial charge is 0.325 e. The summed E-state index contributed by atoms with van der Waals surface area (Å²) in [6.45, 7) is 0.288. The fraction of sp³-hybridized carbons (Fsp3) is 0.250. The average molecular weight is 249 g/mol. The number of hydrogen-bond acceptors (Lipinski definition) is 4. The number of benzene rings is 1. The van der Waals surface area contributed by atoms with Gasteiger partial charge in [0.15, 0.2) is 0 Å². The highest BCUT2D eigenvalue weighted by Gasteiger charge is 2.33. The largest absolute Gasteiger partial charge is 0.480 e. The van der Waals surface area contributed by atoms with E-state index in [1.54, 1.807) is 0 Å². The number of nitrogens with one attached hydrogen (secondary N) is 1. The summed E-state index contributed by atoms with van der Waals surface area (Å²) in [5, 5.41) is 22.9. The Labute approximate surface area is 102 Å². The van der Waals surface area contributed by atoms with Gasteiger partial charge in [-0.2, -0.15) is 0 Å². The fourth-order valence-electron chi connectivity index (χ4n) is 2.26. The molecule has 2 atom stereocenters. The Balaban J connectivity index is 2.30. The van der Waals surface area contributed by atoms with Gasteiger partial charge in [0.2, 0.25) is 0 Å². The number of aliphatic hydroxyl groups is 1. The number of thiophene rings is 1. The van der Waals surface area contributed by atoms with Crippen LogP contribution in [0.2, 0.25) is 0 Å². The van der Waals surface area contributed by atoms with E-state index < -0.39 is 18.1 Å². The van der Waals surface area contributed by atoms with E-state index in [1.165, 1.54) is 11.3 Å². The maximum absolute atomic E-state index is 11.2. The zero-order valence-electron chi connectivity index (χ0n) is 8.88. The summed E-state index contributed by atoms with van der Waals surface area (Å²) in [5.41, 5.74) is 0.719. The summed E-state index contributed by atoms with van der Waals surface area (Å²) < 4.78 is 1.02. The van der Waals surface area contributed by atoms with Crippen LogP contribution in [0, 0.1) is 0 Å².